The van der Waals surface area contributed by atoms with Gasteiger partial charge in [0.2, 0.25) is 0 Å². The number of nitrogens with one attached hydrogen (secondary N) is 1. The number of fused-ring (bicyclic) bond motifs is 1. The van der Waals surface area contributed by atoms with E-state index in [0.717, 1.165) is 10.2 Å². The third-order valence-corrected chi connectivity index (χ3v) is 5.46. The molecule has 2 aromatic carbocycles. The number of rotatable bonds is 5. The molecule has 3 rings (SSSR count). The lowest BCUT2D eigenvalue weighted by molar-refractivity contribution is -0.128. The van der Waals surface area contributed by atoms with Crippen LogP contribution >= 0.6 is 34.7 Å². The summed E-state index contributed by atoms with van der Waals surface area (Å²) in [4.78, 5) is 18.2. The van der Waals surface area contributed by atoms with Crippen LogP contribution in [0.2, 0.25) is 5.02 Å². The summed E-state index contributed by atoms with van der Waals surface area (Å²) in [6, 6.07) is 13.0. The molecule has 130 valence electrons. The number of anilines is 1. The van der Waals surface area contributed by atoms with Gasteiger partial charge >= 0.3 is 0 Å². The van der Waals surface area contributed by atoms with Crippen LogP contribution in [-0.2, 0) is 4.79 Å². The van der Waals surface area contributed by atoms with Crippen LogP contribution < -0.4 is 10.1 Å². The molecular formula is C18H17ClN2O2S2. The number of aromatic nitrogens is 1. The maximum absolute atomic E-state index is 12.6. The molecule has 25 heavy (non-hydrogen) atoms. The van der Waals surface area contributed by atoms with Crippen molar-refractivity contribution < 1.29 is 9.53 Å². The smallest absolute Gasteiger partial charge is 0.269 e. The number of carbonyl (C=O) groups excluding carboxylic acids is 1. The summed E-state index contributed by atoms with van der Waals surface area (Å²) in [6.45, 7) is 3.44. The molecule has 0 saturated heterocycles. The summed E-state index contributed by atoms with van der Waals surface area (Å²) in [5, 5.41) is 4.03. The van der Waals surface area contributed by atoms with E-state index in [-0.39, 0.29) is 5.91 Å². The Balaban J connectivity index is 1.74. The molecule has 0 fully saturated rings. The second-order valence-corrected chi connectivity index (χ2v) is 8.22. The lowest BCUT2D eigenvalue weighted by Crippen LogP contribution is -2.42. The Hall–Kier alpha value is -1.76. The fourth-order valence-electron chi connectivity index (χ4n) is 2.18. The van der Waals surface area contributed by atoms with Crippen LogP contribution in [0.15, 0.2) is 47.4 Å². The SMILES string of the molecule is CSc1ccc2nc(NC(=O)C(C)(C)Oc3ccc(Cl)cc3)sc2c1. The first-order valence-corrected chi connectivity index (χ1v) is 10.00. The van der Waals surface area contributed by atoms with Crippen LogP contribution in [-0.4, -0.2) is 22.7 Å². The van der Waals surface area contributed by atoms with Crippen LogP contribution in [0, 0.1) is 0 Å². The summed E-state index contributed by atoms with van der Waals surface area (Å²) in [7, 11) is 0. The van der Waals surface area contributed by atoms with E-state index in [1.807, 2.05) is 18.4 Å². The van der Waals surface area contributed by atoms with Crippen molar-refractivity contribution in [2.45, 2.75) is 24.3 Å². The topological polar surface area (TPSA) is 51.2 Å². The van der Waals surface area contributed by atoms with Crippen LogP contribution in [0.4, 0.5) is 5.13 Å². The molecule has 0 aliphatic heterocycles. The Morgan fingerprint density at radius 2 is 1.96 bits per heavy atom. The van der Waals surface area contributed by atoms with E-state index in [1.54, 1.807) is 49.9 Å². The minimum Gasteiger partial charge on any atom is -0.478 e. The van der Waals surface area contributed by atoms with Crippen molar-refractivity contribution in [1.82, 2.24) is 4.98 Å². The summed E-state index contributed by atoms with van der Waals surface area (Å²) >= 11 is 9.00. The van der Waals surface area contributed by atoms with Crippen molar-refractivity contribution in [3.8, 4) is 5.75 Å². The van der Waals surface area contributed by atoms with Crippen molar-refractivity contribution >= 4 is 56.0 Å². The molecule has 0 aliphatic rings. The standard InChI is InChI=1S/C18H17ClN2O2S2/c1-18(2,23-12-6-4-11(19)5-7-12)16(22)21-17-20-14-9-8-13(24-3)10-15(14)25-17/h4-10H,1-3H3,(H,20,21,22). The van der Waals surface area contributed by atoms with Crippen molar-refractivity contribution in [3.63, 3.8) is 0 Å². The number of thioether (sulfide) groups is 1. The fraction of sp³-hybridized carbons (Fsp3) is 0.222. The quantitative estimate of drug-likeness (QED) is 0.585. The van der Waals surface area contributed by atoms with E-state index in [2.05, 4.69) is 16.4 Å². The van der Waals surface area contributed by atoms with Gasteiger partial charge in [-0.1, -0.05) is 22.9 Å². The van der Waals surface area contributed by atoms with E-state index in [4.69, 9.17) is 16.3 Å². The number of ether oxygens (including phenoxy) is 1. The van der Waals surface area contributed by atoms with Crippen LogP contribution in [0.25, 0.3) is 10.2 Å². The fourth-order valence-corrected chi connectivity index (χ4v) is 3.72. The molecule has 1 N–H and O–H groups in total. The van der Waals surface area contributed by atoms with Gasteiger partial charge in [-0.3, -0.25) is 10.1 Å². The van der Waals surface area contributed by atoms with E-state index in [1.165, 1.54) is 16.2 Å². The normalized spacial score (nSPS) is 11.5. The van der Waals surface area contributed by atoms with Crippen LogP contribution in [0.5, 0.6) is 5.75 Å². The van der Waals surface area contributed by atoms with E-state index < -0.39 is 5.60 Å². The number of thiazole rings is 1. The van der Waals surface area contributed by atoms with Gasteiger partial charge < -0.3 is 4.74 Å². The molecule has 0 saturated carbocycles. The number of halogens is 1. The molecule has 4 nitrogen and oxygen atoms in total. The van der Waals surface area contributed by atoms with Crippen molar-refractivity contribution in [3.05, 3.63) is 47.5 Å². The van der Waals surface area contributed by atoms with E-state index >= 15 is 0 Å². The average molecular weight is 393 g/mol. The first kappa shape index (κ1) is 18.0. The van der Waals surface area contributed by atoms with Crippen LogP contribution in [0.3, 0.4) is 0 Å². The highest BCUT2D eigenvalue weighted by Crippen LogP contribution is 2.30. The average Bonchev–Trinajstić information content (AvgIpc) is 2.97. The van der Waals surface area contributed by atoms with Gasteiger partial charge in [0.25, 0.3) is 5.91 Å². The summed E-state index contributed by atoms with van der Waals surface area (Å²) in [5.74, 6) is 0.324. The van der Waals surface area contributed by atoms with Gasteiger partial charge in [-0.25, -0.2) is 4.98 Å². The van der Waals surface area contributed by atoms with Gasteiger partial charge in [0.15, 0.2) is 10.7 Å². The summed E-state index contributed by atoms with van der Waals surface area (Å²) < 4.78 is 6.84. The third-order valence-electron chi connectivity index (χ3n) is 3.55. The summed E-state index contributed by atoms with van der Waals surface area (Å²) in [6.07, 6.45) is 2.03. The van der Waals surface area contributed by atoms with Crippen molar-refractivity contribution in [2.24, 2.45) is 0 Å². The van der Waals surface area contributed by atoms with Gasteiger partial charge in [0, 0.05) is 9.92 Å². The van der Waals surface area contributed by atoms with Gasteiger partial charge in [-0.05, 0) is 62.6 Å². The minimum atomic E-state index is -1.05. The van der Waals surface area contributed by atoms with Crippen molar-refractivity contribution in [1.29, 1.82) is 0 Å². The van der Waals surface area contributed by atoms with Gasteiger partial charge in [0.1, 0.15) is 5.75 Å². The Morgan fingerprint density at radius 1 is 1.24 bits per heavy atom. The van der Waals surface area contributed by atoms with E-state index in [0.29, 0.717) is 15.9 Å². The Bertz CT molecular complexity index is 907. The Labute approximate surface area is 159 Å². The number of nitrogens with zero attached hydrogens (tertiary/aromatic N) is 1. The molecule has 0 radical (unpaired) electrons. The molecule has 1 amide bonds. The first-order chi connectivity index (χ1) is 11.9. The predicted molar refractivity (Wildman–Crippen MR) is 106 cm³/mol. The third kappa shape index (κ3) is 4.26. The van der Waals surface area contributed by atoms with Gasteiger partial charge in [-0.15, -0.1) is 11.8 Å². The second-order valence-electron chi connectivity index (χ2n) is 5.87. The highest BCUT2D eigenvalue weighted by atomic mass is 35.5. The van der Waals surface area contributed by atoms with Gasteiger partial charge in [-0.2, -0.15) is 0 Å². The highest BCUT2D eigenvalue weighted by molar-refractivity contribution is 7.98. The monoisotopic (exact) mass is 392 g/mol. The molecule has 1 heterocycles. The number of amides is 1. The molecule has 0 unspecified atom stereocenters. The largest absolute Gasteiger partial charge is 0.478 e. The first-order valence-electron chi connectivity index (χ1n) is 7.58. The second kappa shape index (κ2) is 7.23. The number of carbonyl (C=O) groups is 1. The van der Waals surface area contributed by atoms with Gasteiger partial charge in [0.05, 0.1) is 10.2 Å². The lowest BCUT2D eigenvalue weighted by atomic mass is 10.1. The number of benzene rings is 2. The van der Waals surface area contributed by atoms with Crippen LogP contribution in [0.1, 0.15) is 13.8 Å². The molecule has 1 aromatic heterocycles. The van der Waals surface area contributed by atoms with Crippen molar-refractivity contribution in [2.75, 3.05) is 11.6 Å². The lowest BCUT2D eigenvalue weighted by Gasteiger charge is -2.24. The Kier molecular flexibility index (Phi) is 5.22. The molecule has 0 atom stereocenters. The molecule has 7 heteroatoms. The predicted octanol–water partition coefficient (Wildman–Crippen LogP) is 5.47. The molecule has 0 spiro atoms. The molecule has 0 aliphatic carbocycles. The Morgan fingerprint density at radius 3 is 2.64 bits per heavy atom. The maximum Gasteiger partial charge on any atom is 0.269 e. The maximum atomic E-state index is 12.6. The number of hydrogen-bond donors (Lipinski definition) is 1. The minimum absolute atomic E-state index is 0.258. The molecular weight excluding hydrogens is 376 g/mol. The molecule has 3 aromatic rings. The molecule has 0 bridgehead atoms. The van der Waals surface area contributed by atoms with E-state index in [9.17, 15) is 4.79 Å². The number of hydrogen-bond acceptors (Lipinski definition) is 5. The summed E-state index contributed by atoms with van der Waals surface area (Å²) in [5.41, 5.74) is -0.176. The highest BCUT2D eigenvalue weighted by Gasteiger charge is 2.30. The zero-order valence-corrected chi connectivity index (χ0v) is 16.4. The zero-order valence-electron chi connectivity index (χ0n) is 14.0. The zero-order chi connectivity index (χ0) is 18.0.